The molecule has 0 bridgehead atoms. The number of aromatic carboxylic acids is 1. The van der Waals surface area contributed by atoms with Crippen LogP contribution in [0.2, 0.25) is 0 Å². The van der Waals surface area contributed by atoms with Crippen LogP contribution in [0.1, 0.15) is 15.9 Å². The largest absolute Gasteiger partial charge is 0.493 e. The second-order valence-electron chi connectivity index (χ2n) is 4.18. The third kappa shape index (κ3) is 3.28. The number of carboxylic acids is 1. The maximum atomic E-state index is 13.1. The highest BCUT2D eigenvalue weighted by Crippen LogP contribution is 2.31. The fraction of sp³-hybridized carbons (Fsp3) is 0.133. The van der Waals surface area contributed by atoms with Crippen LogP contribution in [0.15, 0.2) is 36.4 Å². The minimum absolute atomic E-state index is 0.0391. The molecule has 0 aliphatic rings. The van der Waals surface area contributed by atoms with Gasteiger partial charge >= 0.3 is 5.97 Å². The molecule has 0 aliphatic heterocycles. The van der Waals surface area contributed by atoms with Crippen molar-refractivity contribution >= 4 is 5.97 Å². The van der Waals surface area contributed by atoms with Gasteiger partial charge in [0.2, 0.25) is 0 Å². The van der Waals surface area contributed by atoms with Gasteiger partial charge in [-0.1, -0.05) is 12.1 Å². The van der Waals surface area contributed by atoms with Gasteiger partial charge in [0.15, 0.2) is 23.1 Å². The number of hydrogen-bond donors (Lipinski definition) is 1. The van der Waals surface area contributed by atoms with Crippen LogP contribution in [-0.4, -0.2) is 18.2 Å². The fourth-order valence-electron chi connectivity index (χ4n) is 1.78. The van der Waals surface area contributed by atoms with Crippen LogP contribution in [-0.2, 0) is 6.61 Å². The molecule has 0 amide bonds. The molecule has 0 aliphatic carbocycles. The average Bonchev–Trinajstić information content (AvgIpc) is 2.48. The van der Waals surface area contributed by atoms with E-state index in [9.17, 15) is 13.6 Å². The van der Waals surface area contributed by atoms with E-state index in [-0.39, 0.29) is 23.7 Å². The molecule has 0 fully saturated rings. The van der Waals surface area contributed by atoms with Crippen molar-refractivity contribution in [2.45, 2.75) is 6.61 Å². The van der Waals surface area contributed by atoms with Crippen LogP contribution in [0, 0.1) is 11.6 Å². The number of ether oxygens (including phenoxy) is 2. The summed E-state index contributed by atoms with van der Waals surface area (Å²) in [7, 11) is 1.38. The first kappa shape index (κ1) is 14.8. The molecule has 110 valence electrons. The molecule has 0 radical (unpaired) electrons. The standard InChI is InChI=1S/C15H12F2O4/c1-20-13-4-2-3-10(15(18)19)14(13)21-8-9-5-6-11(16)12(17)7-9/h2-7H,8H2,1H3,(H,18,19). The first-order valence-corrected chi connectivity index (χ1v) is 6.00. The van der Waals surface area contributed by atoms with Crippen molar-refractivity contribution in [2.75, 3.05) is 7.11 Å². The molecule has 0 aromatic heterocycles. The van der Waals surface area contributed by atoms with Crippen LogP contribution in [0.3, 0.4) is 0 Å². The van der Waals surface area contributed by atoms with E-state index in [1.165, 1.54) is 25.3 Å². The number of carboxylic acid groups (broad SMARTS) is 1. The molecule has 0 atom stereocenters. The summed E-state index contributed by atoms with van der Waals surface area (Å²) in [5.74, 6) is -2.83. The third-order valence-corrected chi connectivity index (χ3v) is 2.80. The van der Waals surface area contributed by atoms with Crippen molar-refractivity contribution in [1.82, 2.24) is 0 Å². The highest BCUT2D eigenvalue weighted by Gasteiger charge is 2.16. The molecule has 21 heavy (non-hydrogen) atoms. The molecular formula is C15H12F2O4. The van der Waals surface area contributed by atoms with E-state index in [1.54, 1.807) is 6.07 Å². The molecule has 0 saturated heterocycles. The van der Waals surface area contributed by atoms with E-state index in [0.29, 0.717) is 5.56 Å². The summed E-state index contributed by atoms with van der Waals surface area (Å²) in [6.07, 6.45) is 0. The van der Waals surface area contributed by atoms with E-state index < -0.39 is 17.6 Å². The fourth-order valence-corrected chi connectivity index (χ4v) is 1.78. The lowest BCUT2D eigenvalue weighted by Crippen LogP contribution is -2.05. The molecule has 2 aromatic carbocycles. The van der Waals surface area contributed by atoms with Crippen LogP contribution < -0.4 is 9.47 Å². The quantitative estimate of drug-likeness (QED) is 0.919. The first-order chi connectivity index (χ1) is 10.0. The Morgan fingerprint density at radius 1 is 1.19 bits per heavy atom. The number of hydrogen-bond acceptors (Lipinski definition) is 3. The van der Waals surface area contributed by atoms with Crippen molar-refractivity contribution in [3.05, 3.63) is 59.2 Å². The lowest BCUT2D eigenvalue weighted by Gasteiger charge is -2.13. The number of rotatable bonds is 5. The van der Waals surface area contributed by atoms with Gasteiger partial charge in [0.1, 0.15) is 12.2 Å². The molecule has 0 unspecified atom stereocenters. The van der Waals surface area contributed by atoms with Crippen molar-refractivity contribution in [3.63, 3.8) is 0 Å². The van der Waals surface area contributed by atoms with Crippen LogP contribution in [0.25, 0.3) is 0 Å². The summed E-state index contributed by atoms with van der Waals surface area (Å²) in [4.78, 5) is 11.2. The van der Waals surface area contributed by atoms with Gasteiger partial charge in [-0.25, -0.2) is 13.6 Å². The Morgan fingerprint density at radius 3 is 2.57 bits per heavy atom. The topological polar surface area (TPSA) is 55.8 Å². The lowest BCUT2D eigenvalue weighted by atomic mass is 10.2. The zero-order valence-electron chi connectivity index (χ0n) is 11.1. The molecule has 0 spiro atoms. The van der Waals surface area contributed by atoms with E-state index in [1.807, 2.05) is 0 Å². The normalized spacial score (nSPS) is 10.2. The Hall–Kier alpha value is -2.63. The maximum Gasteiger partial charge on any atom is 0.339 e. The Labute approximate surface area is 119 Å². The molecule has 0 heterocycles. The van der Waals surface area contributed by atoms with Gasteiger partial charge in [-0.2, -0.15) is 0 Å². The summed E-state index contributed by atoms with van der Waals surface area (Å²) >= 11 is 0. The van der Waals surface area contributed by atoms with Crippen LogP contribution in [0.5, 0.6) is 11.5 Å². The zero-order valence-corrected chi connectivity index (χ0v) is 11.1. The van der Waals surface area contributed by atoms with Gasteiger partial charge in [-0.05, 0) is 29.8 Å². The Kier molecular flexibility index (Phi) is 4.37. The number of carbonyl (C=O) groups is 1. The van der Waals surface area contributed by atoms with Crippen LogP contribution in [0.4, 0.5) is 8.78 Å². The lowest BCUT2D eigenvalue weighted by molar-refractivity contribution is 0.0691. The Morgan fingerprint density at radius 2 is 1.95 bits per heavy atom. The average molecular weight is 294 g/mol. The van der Waals surface area contributed by atoms with Gasteiger partial charge in [-0.15, -0.1) is 0 Å². The minimum atomic E-state index is -1.17. The molecule has 2 rings (SSSR count). The summed E-state index contributed by atoms with van der Waals surface area (Å²) in [6, 6.07) is 7.76. The van der Waals surface area contributed by atoms with Gasteiger partial charge < -0.3 is 14.6 Å². The van der Waals surface area contributed by atoms with Crippen molar-refractivity contribution < 1.29 is 28.2 Å². The van der Waals surface area contributed by atoms with Crippen molar-refractivity contribution in [2.24, 2.45) is 0 Å². The summed E-state index contributed by atoms with van der Waals surface area (Å²) in [5.41, 5.74) is 0.299. The van der Waals surface area contributed by atoms with Gasteiger partial charge in [0.05, 0.1) is 7.11 Å². The van der Waals surface area contributed by atoms with Crippen LogP contribution >= 0.6 is 0 Å². The highest BCUT2D eigenvalue weighted by molar-refractivity contribution is 5.92. The SMILES string of the molecule is COc1cccc(C(=O)O)c1OCc1ccc(F)c(F)c1. The predicted octanol–water partition coefficient (Wildman–Crippen LogP) is 3.25. The van der Waals surface area contributed by atoms with E-state index in [0.717, 1.165) is 12.1 Å². The molecular weight excluding hydrogens is 282 g/mol. The Balaban J connectivity index is 2.26. The second-order valence-corrected chi connectivity index (χ2v) is 4.18. The van der Waals surface area contributed by atoms with Gasteiger partial charge in [0, 0.05) is 0 Å². The molecule has 2 aromatic rings. The van der Waals surface area contributed by atoms with E-state index >= 15 is 0 Å². The minimum Gasteiger partial charge on any atom is -0.493 e. The zero-order chi connectivity index (χ0) is 15.4. The highest BCUT2D eigenvalue weighted by atomic mass is 19.2. The smallest absolute Gasteiger partial charge is 0.339 e. The van der Waals surface area contributed by atoms with E-state index in [2.05, 4.69) is 0 Å². The number of benzene rings is 2. The Bertz CT molecular complexity index is 671. The molecule has 1 N–H and O–H groups in total. The summed E-state index contributed by atoms with van der Waals surface area (Å²) in [6.45, 7) is -0.113. The van der Waals surface area contributed by atoms with Gasteiger partial charge in [0.25, 0.3) is 0 Å². The molecule has 4 nitrogen and oxygen atoms in total. The number of para-hydroxylation sites is 1. The second kappa shape index (κ2) is 6.21. The summed E-state index contributed by atoms with van der Waals surface area (Å²) in [5, 5.41) is 9.12. The predicted molar refractivity (Wildman–Crippen MR) is 70.6 cm³/mol. The number of halogens is 2. The summed E-state index contributed by atoms with van der Waals surface area (Å²) < 4.78 is 36.4. The van der Waals surface area contributed by atoms with E-state index in [4.69, 9.17) is 14.6 Å². The van der Waals surface area contributed by atoms with Crippen molar-refractivity contribution in [3.8, 4) is 11.5 Å². The van der Waals surface area contributed by atoms with Crippen molar-refractivity contribution in [1.29, 1.82) is 0 Å². The monoisotopic (exact) mass is 294 g/mol. The maximum absolute atomic E-state index is 13.1. The van der Waals surface area contributed by atoms with Gasteiger partial charge in [-0.3, -0.25) is 0 Å². The molecule has 6 heteroatoms. The number of methoxy groups -OCH3 is 1. The third-order valence-electron chi connectivity index (χ3n) is 2.80. The molecule has 0 saturated carbocycles. The first-order valence-electron chi connectivity index (χ1n) is 6.00.